The van der Waals surface area contributed by atoms with Gasteiger partial charge in [0, 0.05) is 38.3 Å². The Kier molecular flexibility index (Phi) is 5.96. The van der Waals surface area contributed by atoms with Crippen LogP contribution in [-0.2, 0) is 0 Å². The lowest BCUT2D eigenvalue weighted by Gasteiger charge is -2.28. The Balaban J connectivity index is 1.23. The van der Waals surface area contributed by atoms with Gasteiger partial charge in [0.2, 0.25) is 0 Å². The lowest BCUT2D eigenvalue weighted by atomic mass is 10.0. The van der Waals surface area contributed by atoms with Gasteiger partial charge in [-0.3, -0.25) is 0 Å². The topological polar surface area (TPSA) is 12.6 Å². The molecule has 0 bridgehead atoms. The van der Waals surface area contributed by atoms with Crippen molar-refractivity contribution in [1.82, 2.24) is 8.97 Å². The highest BCUT2D eigenvalue weighted by Crippen LogP contribution is 2.46. The first-order valence-corrected chi connectivity index (χ1v) is 17.5. The molecule has 0 N–H and O–H groups in total. The number of nitrogens with zero attached hydrogens (tertiary/aromatic N) is 3. The minimum Gasteiger partial charge on any atom is -0.308 e. The molecule has 0 spiro atoms. The Morgan fingerprint density at radius 2 is 0.863 bits per heavy atom. The van der Waals surface area contributed by atoms with Crippen LogP contribution < -0.4 is 4.90 Å². The van der Waals surface area contributed by atoms with E-state index < -0.39 is 0 Å². The van der Waals surface area contributed by atoms with Gasteiger partial charge in [-0.05, 0) is 77.2 Å². The summed E-state index contributed by atoms with van der Waals surface area (Å²) in [4.78, 5) is 2.39. The second-order valence-electron chi connectivity index (χ2n) is 13.3. The Morgan fingerprint density at radius 1 is 0.333 bits per heavy atom. The molecule has 0 saturated carbocycles. The van der Waals surface area contributed by atoms with Gasteiger partial charge in [0.25, 0.3) is 0 Å². The fraction of sp³-hybridized carbons (Fsp3) is 0. The van der Waals surface area contributed by atoms with Gasteiger partial charge in [-0.25, -0.2) is 0 Å². The summed E-state index contributed by atoms with van der Waals surface area (Å²) in [7, 11) is 0. The minimum atomic E-state index is 1.10. The van der Waals surface area contributed by atoms with Crippen molar-refractivity contribution in [2.24, 2.45) is 0 Å². The first kappa shape index (κ1) is 28.0. The quantitative estimate of drug-likeness (QED) is 0.181. The van der Waals surface area contributed by atoms with Crippen LogP contribution in [0.25, 0.3) is 76.7 Å². The number of hydrogen-bond donors (Lipinski definition) is 0. The summed E-state index contributed by atoms with van der Waals surface area (Å²) in [5.74, 6) is 0. The third-order valence-electron chi connectivity index (χ3n) is 10.6. The monoisotopic (exact) mass is 649 g/mol. The first-order chi connectivity index (χ1) is 25.3. The van der Waals surface area contributed by atoms with Crippen LogP contribution in [0.3, 0.4) is 0 Å². The number of para-hydroxylation sites is 5. The van der Waals surface area contributed by atoms with Crippen LogP contribution in [0.1, 0.15) is 0 Å². The van der Waals surface area contributed by atoms with E-state index in [1.54, 1.807) is 0 Å². The van der Waals surface area contributed by atoms with E-state index in [1.807, 2.05) is 0 Å². The van der Waals surface area contributed by atoms with Crippen LogP contribution >= 0.6 is 0 Å². The van der Waals surface area contributed by atoms with Gasteiger partial charge < -0.3 is 13.9 Å². The lowest BCUT2D eigenvalue weighted by Crippen LogP contribution is -2.13. The molecule has 0 radical (unpaired) electrons. The molecule has 3 heterocycles. The van der Waals surface area contributed by atoms with E-state index in [9.17, 15) is 0 Å². The molecule has 11 aromatic rings. The summed E-state index contributed by atoms with van der Waals surface area (Å²) in [6, 6.07) is 68.3. The molecule has 3 nitrogen and oxygen atoms in total. The predicted octanol–water partition coefficient (Wildman–Crippen LogP) is 13.1. The molecule has 8 aromatic carbocycles. The molecule has 238 valence electrons. The zero-order chi connectivity index (χ0) is 33.5. The molecule has 0 fully saturated rings. The molecule has 0 atom stereocenters. The summed E-state index contributed by atoms with van der Waals surface area (Å²) in [6.07, 6.45) is 0. The molecule has 0 aliphatic carbocycles. The smallest absolute Gasteiger partial charge is 0.0702 e. The molecule has 51 heavy (non-hydrogen) atoms. The Bertz CT molecular complexity index is 3060. The zero-order valence-corrected chi connectivity index (χ0v) is 27.7. The summed E-state index contributed by atoms with van der Waals surface area (Å²) in [5.41, 5.74) is 13.0. The molecule has 3 heteroatoms. The third kappa shape index (κ3) is 4.00. The van der Waals surface area contributed by atoms with Gasteiger partial charge >= 0.3 is 0 Å². The fourth-order valence-corrected chi connectivity index (χ4v) is 8.53. The van der Waals surface area contributed by atoms with Crippen molar-refractivity contribution in [1.29, 1.82) is 0 Å². The van der Waals surface area contributed by atoms with Crippen molar-refractivity contribution in [2.45, 2.75) is 0 Å². The average molecular weight is 650 g/mol. The molecular weight excluding hydrogens is 619 g/mol. The van der Waals surface area contributed by atoms with Gasteiger partial charge in [0.1, 0.15) is 0 Å². The third-order valence-corrected chi connectivity index (χ3v) is 10.6. The van der Waals surface area contributed by atoms with Crippen LogP contribution in [0.15, 0.2) is 188 Å². The predicted molar refractivity (Wildman–Crippen MR) is 216 cm³/mol. The summed E-state index contributed by atoms with van der Waals surface area (Å²) in [6.45, 7) is 0. The van der Waals surface area contributed by atoms with Crippen molar-refractivity contribution >= 4 is 77.0 Å². The maximum Gasteiger partial charge on any atom is 0.0702 e. The normalized spacial score (nSPS) is 11.9. The van der Waals surface area contributed by atoms with Gasteiger partial charge in [-0.15, -0.1) is 0 Å². The molecule has 0 saturated heterocycles. The number of rotatable bonds is 5. The van der Waals surface area contributed by atoms with E-state index >= 15 is 0 Å². The number of anilines is 3. The highest BCUT2D eigenvalue weighted by atomic mass is 15.2. The lowest BCUT2D eigenvalue weighted by molar-refractivity contribution is 1.15. The van der Waals surface area contributed by atoms with Gasteiger partial charge in [-0.2, -0.15) is 0 Å². The molecule has 3 aromatic heterocycles. The van der Waals surface area contributed by atoms with Crippen LogP contribution in [0.4, 0.5) is 17.1 Å². The Labute approximate surface area is 294 Å². The maximum absolute atomic E-state index is 2.50. The van der Waals surface area contributed by atoms with Crippen LogP contribution in [0.5, 0.6) is 0 Å². The second kappa shape index (κ2) is 10.8. The molecule has 0 aliphatic heterocycles. The van der Waals surface area contributed by atoms with Crippen molar-refractivity contribution in [3.63, 3.8) is 0 Å². The minimum absolute atomic E-state index is 1.10. The van der Waals surface area contributed by atoms with Crippen LogP contribution in [0, 0.1) is 0 Å². The highest BCUT2D eigenvalue weighted by molar-refractivity contribution is 6.31. The van der Waals surface area contributed by atoms with E-state index in [4.69, 9.17) is 0 Å². The largest absolute Gasteiger partial charge is 0.308 e. The fourth-order valence-electron chi connectivity index (χ4n) is 8.53. The van der Waals surface area contributed by atoms with Crippen molar-refractivity contribution in [2.75, 3.05) is 4.90 Å². The maximum atomic E-state index is 2.50. The Hall–Kier alpha value is -6.84. The van der Waals surface area contributed by atoms with Crippen molar-refractivity contribution in [3.05, 3.63) is 188 Å². The van der Waals surface area contributed by atoms with Crippen molar-refractivity contribution < 1.29 is 0 Å². The second-order valence-corrected chi connectivity index (χ2v) is 13.3. The van der Waals surface area contributed by atoms with E-state index in [1.165, 1.54) is 71.0 Å². The van der Waals surface area contributed by atoms with Gasteiger partial charge in [0.05, 0.1) is 39.0 Å². The molecular formula is C48H31N3. The van der Waals surface area contributed by atoms with E-state index in [2.05, 4.69) is 202 Å². The van der Waals surface area contributed by atoms with E-state index in [0.717, 1.165) is 22.7 Å². The molecule has 0 unspecified atom stereocenters. The summed E-state index contributed by atoms with van der Waals surface area (Å²) in [5, 5.41) is 7.67. The average Bonchev–Trinajstić information content (AvgIpc) is 3.68. The van der Waals surface area contributed by atoms with E-state index in [0.29, 0.717) is 0 Å². The zero-order valence-electron chi connectivity index (χ0n) is 27.7. The Morgan fingerprint density at radius 3 is 1.69 bits per heavy atom. The molecule has 0 amide bonds. The number of fused-ring (bicyclic) bond motifs is 5. The number of benzene rings is 8. The standard InChI is InChI=1S/C48H31N3/c1-3-14-32(15-4-1)33-28-30-35(31-29-33)49(34-16-5-2-6-17-34)41-23-9-10-24-42(41)50-43-25-12-19-37-39-21-11-20-38-36-18-7-8-22-40(36)51(48(38)39)45-27-13-26-44(50)47(45)46(37)43/h1-31H. The van der Waals surface area contributed by atoms with Crippen LogP contribution in [-0.4, -0.2) is 8.97 Å². The van der Waals surface area contributed by atoms with Crippen molar-refractivity contribution in [3.8, 4) is 16.8 Å². The molecule has 0 aliphatic rings. The SMILES string of the molecule is c1ccc(-c2ccc(N(c3ccccc3)c3ccccc3-n3c4cccc5c6cccc7c8ccccc8n(c8cccc3c8c54)c67)cc2)cc1. The summed E-state index contributed by atoms with van der Waals surface area (Å²) < 4.78 is 4.99. The summed E-state index contributed by atoms with van der Waals surface area (Å²) >= 11 is 0. The van der Waals surface area contributed by atoms with Gasteiger partial charge in [0.15, 0.2) is 0 Å². The molecule has 11 rings (SSSR count). The van der Waals surface area contributed by atoms with Crippen LogP contribution in [0.2, 0.25) is 0 Å². The van der Waals surface area contributed by atoms with E-state index in [-0.39, 0.29) is 0 Å². The highest BCUT2D eigenvalue weighted by Gasteiger charge is 2.24. The first-order valence-electron chi connectivity index (χ1n) is 17.5. The number of hydrogen-bond acceptors (Lipinski definition) is 1. The number of aromatic nitrogens is 2. The van der Waals surface area contributed by atoms with Gasteiger partial charge in [-0.1, -0.05) is 127 Å².